The van der Waals surface area contributed by atoms with Crippen LogP contribution in [0.1, 0.15) is 11.1 Å². The summed E-state index contributed by atoms with van der Waals surface area (Å²) in [7, 11) is 0. The molecule has 0 heterocycles. The Morgan fingerprint density at radius 1 is 1.12 bits per heavy atom. The lowest BCUT2D eigenvalue weighted by Crippen LogP contribution is -1.89. The number of hydrogen-bond donors (Lipinski definition) is 1. The average molecular weight is 355 g/mol. The van der Waals surface area contributed by atoms with Crippen LogP contribution >= 0.6 is 34.4 Å². The second kappa shape index (κ2) is 5.78. The van der Waals surface area contributed by atoms with Crippen molar-refractivity contribution in [1.29, 1.82) is 0 Å². The minimum absolute atomic E-state index is 0.864. The van der Waals surface area contributed by atoms with Gasteiger partial charge in [-0.1, -0.05) is 12.1 Å². The molecule has 1 nitrogen and oxygen atoms in total. The fraction of sp³-hybridized carbons (Fsp3) is 0.143. The summed E-state index contributed by atoms with van der Waals surface area (Å²) < 4.78 is 1.28. The summed E-state index contributed by atoms with van der Waals surface area (Å²) in [5.74, 6) is 1.00. The van der Waals surface area contributed by atoms with Gasteiger partial charge in [-0.2, -0.15) is 0 Å². The van der Waals surface area contributed by atoms with Gasteiger partial charge in [0, 0.05) is 19.9 Å². The fourth-order valence-electron chi connectivity index (χ4n) is 1.49. The van der Waals surface area contributed by atoms with E-state index in [9.17, 15) is 0 Å². The van der Waals surface area contributed by atoms with Gasteiger partial charge in [0.05, 0.1) is 0 Å². The molecule has 0 saturated heterocycles. The molecule has 0 radical (unpaired) electrons. The molecule has 0 amide bonds. The molecule has 88 valence electrons. The van der Waals surface area contributed by atoms with Crippen molar-refractivity contribution in [3.05, 3.63) is 57.2 Å². The molecule has 17 heavy (non-hydrogen) atoms. The maximum absolute atomic E-state index is 5.80. The predicted molar refractivity (Wildman–Crippen MR) is 84.3 cm³/mol. The van der Waals surface area contributed by atoms with Gasteiger partial charge in [-0.25, -0.2) is 0 Å². The van der Waals surface area contributed by atoms with E-state index >= 15 is 0 Å². The Morgan fingerprint density at radius 3 is 2.47 bits per heavy atom. The number of hydrogen-bond acceptors (Lipinski definition) is 2. The van der Waals surface area contributed by atoms with Crippen LogP contribution in [0.2, 0.25) is 0 Å². The Morgan fingerprint density at radius 2 is 1.82 bits per heavy atom. The molecule has 0 spiro atoms. The van der Waals surface area contributed by atoms with E-state index in [0.717, 1.165) is 17.0 Å². The Balaban J connectivity index is 2.02. The second-order valence-corrected chi connectivity index (χ2v) is 6.23. The monoisotopic (exact) mass is 355 g/mol. The molecule has 0 fully saturated rings. The van der Waals surface area contributed by atoms with E-state index < -0.39 is 0 Å². The normalized spacial score (nSPS) is 10.5. The van der Waals surface area contributed by atoms with E-state index in [-0.39, 0.29) is 0 Å². The summed E-state index contributed by atoms with van der Waals surface area (Å²) in [5, 5.41) is 0. The molecular weight excluding hydrogens is 341 g/mol. The number of aryl methyl sites for hydroxylation is 1. The van der Waals surface area contributed by atoms with Gasteiger partial charge >= 0.3 is 0 Å². The zero-order chi connectivity index (χ0) is 12.3. The van der Waals surface area contributed by atoms with E-state index in [4.69, 9.17) is 5.73 Å². The highest BCUT2D eigenvalue weighted by molar-refractivity contribution is 14.1. The topological polar surface area (TPSA) is 26.0 Å². The molecule has 0 aliphatic heterocycles. The fourth-order valence-corrected chi connectivity index (χ4v) is 2.80. The van der Waals surface area contributed by atoms with Crippen molar-refractivity contribution in [1.82, 2.24) is 0 Å². The lowest BCUT2D eigenvalue weighted by molar-refractivity contribution is 1.34. The van der Waals surface area contributed by atoms with Crippen molar-refractivity contribution in [2.45, 2.75) is 17.6 Å². The molecule has 0 atom stereocenters. The first-order chi connectivity index (χ1) is 8.15. The van der Waals surface area contributed by atoms with Crippen LogP contribution in [0.15, 0.2) is 47.4 Å². The first-order valence-corrected chi connectivity index (χ1v) is 7.45. The maximum Gasteiger partial charge on any atom is 0.0344 e. The Bertz CT molecular complexity index is 508. The van der Waals surface area contributed by atoms with E-state index in [1.54, 1.807) is 0 Å². The lowest BCUT2D eigenvalue weighted by Gasteiger charge is -2.05. The zero-order valence-electron chi connectivity index (χ0n) is 9.61. The van der Waals surface area contributed by atoms with Gasteiger partial charge in [-0.3, -0.25) is 0 Å². The van der Waals surface area contributed by atoms with Gasteiger partial charge in [-0.15, -0.1) is 11.8 Å². The molecule has 0 aliphatic rings. The minimum Gasteiger partial charge on any atom is -0.399 e. The largest absolute Gasteiger partial charge is 0.399 e. The molecule has 2 rings (SSSR count). The Labute approximate surface area is 120 Å². The van der Waals surface area contributed by atoms with Crippen molar-refractivity contribution >= 4 is 40.0 Å². The molecule has 2 N–H and O–H groups in total. The standard InChI is InChI=1S/C14H14INS/c1-10-8-13(6-7-14(10)16)17-9-11-2-4-12(15)5-3-11/h2-8H,9,16H2,1H3. The van der Waals surface area contributed by atoms with Crippen LogP contribution in [-0.4, -0.2) is 0 Å². The highest BCUT2D eigenvalue weighted by Crippen LogP contribution is 2.25. The van der Waals surface area contributed by atoms with E-state index in [1.807, 2.05) is 24.8 Å². The van der Waals surface area contributed by atoms with Crippen LogP contribution < -0.4 is 5.73 Å². The first kappa shape index (κ1) is 12.8. The van der Waals surface area contributed by atoms with Crippen LogP contribution in [0.25, 0.3) is 0 Å². The van der Waals surface area contributed by atoms with Crippen molar-refractivity contribution in [2.24, 2.45) is 0 Å². The number of rotatable bonds is 3. The van der Waals surface area contributed by atoms with Crippen LogP contribution in [0.4, 0.5) is 5.69 Å². The van der Waals surface area contributed by atoms with Gasteiger partial charge in [0.2, 0.25) is 0 Å². The summed E-state index contributed by atoms with van der Waals surface area (Å²) in [4.78, 5) is 1.27. The van der Waals surface area contributed by atoms with Crippen molar-refractivity contribution in [2.75, 3.05) is 5.73 Å². The van der Waals surface area contributed by atoms with Gasteiger partial charge in [0.15, 0.2) is 0 Å². The third-order valence-electron chi connectivity index (χ3n) is 2.56. The van der Waals surface area contributed by atoms with Gasteiger partial charge in [0.25, 0.3) is 0 Å². The highest BCUT2D eigenvalue weighted by atomic mass is 127. The molecule has 0 unspecified atom stereocenters. The maximum atomic E-state index is 5.80. The smallest absolute Gasteiger partial charge is 0.0344 e. The molecule has 0 aliphatic carbocycles. The quantitative estimate of drug-likeness (QED) is 0.499. The summed E-state index contributed by atoms with van der Waals surface area (Å²) >= 11 is 4.17. The molecule has 0 bridgehead atoms. The molecule has 2 aromatic rings. The first-order valence-electron chi connectivity index (χ1n) is 5.38. The third-order valence-corrected chi connectivity index (χ3v) is 4.34. The summed E-state index contributed by atoms with van der Waals surface area (Å²) in [6.07, 6.45) is 0. The van der Waals surface area contributed by atoms with Crippen LogP contribution in [-0.2, 0) is 5.75 Å². The van der Waals surface area contributed by atoms with Crippen LogP contribution in [0.5, 0.6) is 0 Å². The molecule has 2 aromatic carbocycles. The van der Waals surface area contributed by atoms with Crippen LogP contribution in [0, 0.1) is 10.5 Å². The summed E-state index contributed by atoms with van der Waals surface area (Å²) in [5.41, 5.74) is 9.17. The number of benzene rings is 2. The molecule has 0 saturated carbocycles. The number of nitrogens with two attached hydrogens (primary N) is 1. The number of nitrogen functional groups attached to an aromatic ring is 1. The summed E-state index contributed by atoms with van der Waals surface area (Å²) in [6, 6.07) is 14.9. The molecule has 0 aromatic heterocycles. The van der Waals surface area contributed by atoms with E-state index in [2.05, 4.69) is 59.0 Å². The second-order valence-electron chi connectivity index (χ2n) is 3.93. The van der Waals surface area contributed by atoms with Crippen molar-refractivity contribution in [3.8, 4) is 0 Å². The number of anilines is 1. The average Bonchev–Trinajstić information content (AvgIpc) is 2.33. The van der Waals surface area contributed by atoms with Gasteiger partial charge in [-0.05, 0) is 71.0 Å². The van der Waals surface area contributed by atoms with Crippen molar-refractivity contribution < 1.29 is 0 Å². The number of thioether (sulfide) groups is 1. The molecule has 3 heteroatoms. The lowest BCUT2D eigenvalue weighted by atomic mass is 10.2. The summed E-state index contributed by atoms with van der Waals surface area (Å²) in [6.45, 7) is 2.05. The predicted octanol–water partition coefficient (Wildman–Crippen LogP) is 4.47. The van der Waals surface area contributed by atoms with E-state index in [1.165, 1.54) is 14.0 Å². The zero-order valence-corrected chi connectivity index (χ0v) is 12.6. The van der Waals surface area contributed by atoms with Gasteiger partial charge in [0.1, 0.15) is 0 Å². The van der Waals surface area contributed by atoms with Crippen LogP contribution in [0.3, 0.4) is 0 Å². The third kappa shape index (κ3) is 3.64. The van der Waals surface area contributed by atoms with Gasteiger partial charge < -0.3 is 5.73 Å². The number of halogens is 1. The Kier molecular flexibility index (Phi) is 4.34. The van der Waals surface area contributed by atoms with Crippen molar-refractivity contribution in [3.63, 3.8) is 0 Å². The van der Waals surface area contributed by atoms with E-state index in [0.29, 0.717) is 0 Å². The minimum atomic E-state index is 0.864. The SMILES string of the molecule is Cc1cc(SCc2ccc(I)cc2)ccc1N. The Hall–Kier alpha value is -0.680. The highest BCUT2D eigenvalue weighted by Gasteiger charge is 1.99. The molecular formula is C14H14INS.